The Hall–Kier alpha value is -3.66. The number of anilines is 3. The van der Waals surface area contributed by atoms with Gasteiger partial charge in [0, 0.05) is 79.2 Å². The molecule has 0 radical (unpaired) electrons. The molecule has 2 aromatic heterocycles. The minimum absolute atomic E-state index is 0.0810. The van der Waals surface area contributed by atoms with Crippen molar-refractivity contribution in [1.82, 2.24) is 24.3 Å². The third-order valence-electron chi connectivity index (χ3n) is 9.12. The first kappa shape index (κ1) is 31.3. The molecule has 2 fully saturated rings. The molecule has 1 N–H and O–H groups in total. The van der Waals surface area contributed by atoms with Gasteiger partial charge < -0.3 is 20.0 Å². The largest absolute Gasteiger partial charge is 0.369 e. The summed E-state index contributed by atoms with van der Waals surface area (Å²) in [5, 5.41) is 5.02. The van der Waals surface area contributed by atoms with Crippen LogP contribution in [0.4, 0.5) is 17.3 Å². The summed E-state index contributed by atoms with van der Waals surface area (Å²) in [6.45, 7) is 11.1. The van der Waals surface area contributed by atoms with Gasteiger partial charge in [-0.15, -0.1) is 0 Å². The van der Waals surface area contributed by atoms with E-state index in [0.29, 0.717) is 52.3 Å². The van der Waals surface area contributed by atoms with Crippen LogP contribution in [0.1, 0.15) is 43.4 Å². The number of fused-ring (bicyclic) bond motifs is 1. The fourth-order valence-electron chi connectivity index (χ4n) is 6.62. The molecule has 0 spiro atoms. The molecular formula is C34H39Cl2N7O2. The number of hydrogen-bond acceptors (Lipinski definition) is 7. The van der Waals surface area contributed by atoms with Gasteiger partial charge in [0.05, 0.1) is 16.6 Å². The second-order valence-corrected chi connectivity index (χ2v) is 13.0. The number of benzene rings is 2. The zero-order valence-corrected chi connectivity index (χ0v) is 27.8. The van der Waals surface area contributed by atoms with Gasteiger partial charge in [-0.3, -0.25) is 14.2 Å². The Morgan fingerprint density at radius 2 is 1.82 bits per heavy atom. The van der Waals surface area contributed by atoms with Crippen LogP contribution in [0.25, 0.3) is 22.2 Å². The van der Waals surface area contributed by atoms with Crippen molar-refractivity contribution < 1.29 is 4.79 Å². The number of piperidine rings is 1. The molecular weight excluding hydrogens is 609 g/mol. The Morgan fingerprint density at radius 1 is 1.04 bits per heavy atom. The van der Waals surface area contributed by atoms with Gasteiger partial charge in [0.25, 0.3) is 5.56 Å². The van der Waals surface area contributed by atoms with Crippen LogP contribution < -0.4 is 15.8 Å². The molecule has 6 rings (SSSR count). The van der Waals surface area contributed by atoms with Gasteiger partial charge in [-0.25, -0.2) is 4.98 Å². The third kappa shape index (κ3) is 6.26. The summed E-state index contributed by atoms with van der Waals surface area (Å²) < 4.78 is 1.76. The molecule has 0 unspecified atom stereocenters. The van der Waals surface area contributed by atoms with Crippen molar-refractivity contribution in [3.05, 3.63) is 74.1 Å². The van der Waals surface area contributed by atoms with Crippen molar-refractivity contribution >= 4 is 57.5 Å². The maximum absolute atomic E-state index is 14.5. The smallest absolute Gasteiger partial charge is 0.260 e. The average Bonchev–Trinajstić information content (AvgIpc) is 3.02. The van der Waals surface area contributed by atoms with E-state index in [4.69, 9.17) is 28.2 Å². The Morgan fingerprint density at radius 3 is 2.53 bits per heavy atom. The standard InChI is InChI=1S/C34H39Cl2N7O2/c1-5-30(44)42-12-6-7-25(20-42)43-32-27(22(3)31(33(43)45)26-10-8-23(35)18-28(26)36)19-37-34(39-32)38-24-9-11-29(21(2)17-24)41-15-13-40(4)14-16-41/h8-11,17-19,25H,5-7,12-16,20H2,1-4H3,(H,37,38,39)/t25-/m0/s1. The predicted molar refractivity (Wildman–Crippen MR) is 183 cm³/mol. The Balaban J connectivity index is 1.43. The minimum atomic E-state index is -0.248. The molecule has 2 aromatic carbocycles. The van der Waals surface area contributed by atoms with Crippen LogP contribution in [0.5, 0.6) is 0 Å². The number of carbonyl (C=O) groups is 1. The van der Waals surface area contributed by atoms with E-state index in [1.54, 1.807) is 29.0 Å². The van der Waals surface area contributed by atoms with Crippen LogP contribution in [0, 0.1) is 13.8 Å². The number of pyridine rings is 1. The van der Waals surface area contributed by atoms with Gasteiger partial charge in [0.15, 0.2) is 0 Å². The molecule has 236 valence electrons. The number of rotatable bonds is 6. The van der Waals surface area contributed by atoms with Crippen LogP contribution in [-0.4, -0.2) is 76.6 Å². The van der Waals surface area contributed by atoms with Gasteiger partial charge >= 0.3 is 0 Å². The number of likely N-dealkylation sites (tertiary alicyclic amines) is 1. The van der Waals surface area contributed by atoms with Crippen LogP contribution in [-0.2, 0) is 4.79 Å². The number of piperazine rings is 1. The highest BCUT2D eigenvalue weighted by Gasteiger charge is 2.29. The van der Waals surface area contributed by atoms with Crippen molar-refractivity contribution in [3.63, 3.8) is 0 Å². The summed E-state index contributed by atoms with van der Waals surface area (Å²) >= 11 is 12.8. The van der Waals surface area contributed by atoms with Crippen LogP contribution in [0.2, 0.25) is 10.0 Å². The average molecular weight is 649 g/mol. The van der Waals surface area contributed by atoms with E-state index < -0.39 is 0 Å². The summed E-state index contributed by atoms with van der Waals surface area (Å²) in [5.41, 5.74) is 5.45. The summed E-state index contributed by atoms with van der Waals surface area (Å²) in [5.74, 6) is 0.480. The molecule has 9 nitrogen and oxygen atoms in total. The Bertz CT molecular complexity index is 1820. The summed E-state index contributed by atoms with van der Waals surface area (Å²) in [6.07, 6.45) is 3.74. The molecule has 4 aromatic rings. The molecule has 1 atom stereocenters. The lowest BCUT2D eigenvalue weighted by atomic mass is 9.98. The highest BCUT2D eigenvalue weighted by atomic mass is 35.5. The molecule has 1 amide bonds. The zero-order valence-electron chi connectivity index (χ0n) is 26.2. The minimum Gasteiger partial charge on any atom is -0.369 e. The number of halogens is 2. The molecule has 45 heavy (non-hydrogen) atoms. The normalized spacial score (nSPS) is 17.6. The van der Waals surface area contributed by atoms with Crippen molar-refractivity contribution in [3.8, 4) is 11.1 Å². The maximum atomic E-state index is 14.5. The predicted octanol–water partition coefficient (Wildman–Crippen LogP) is 6.45. The van der Waals surface area contributed by atoms with Crippen molar-refractivity contribution in [2.45, 2.75) is 46.1 Å². The van der Waals surface area contributed by atoms with Gasteiger partial charge in [0.1, 0.15) is 5.65 Å². The Labute approximate surface area is 273 Å². The molecule has 4 heterocycles. The van der Waals surface area contributed by atoms with E-state index >= 15 is 0 Å². The summed E-state index contributed by atoms with van der Waals surface area (Å²) in [7, 11) is 2.16. The van der Waals surface area contributed by atoms with Crippen molar-refractivity contribution in [2.75, 3.05) is 56.5 Å². The number of likely N-dealkylation sites (N-methyl/N-ethyl adjacent to an activating group) is 1. The second-order valence-electron chi connectivity index (χ2n) is 12.1. The molecule has 0 bridgehead atoms. The number of carbonyl (C=O) groups excluding carboxylic acids is 1. The fraction of sp³-hybridized carbons (Fsp3) is 0.412. The number of aryl methyl sites for hydroxylation is 2. The van der Waals surface area contributed by atoms with Crippen molar-refractivity contribution in [2.24, 2.45) is 0 Å². The highest BCUT2D eigenvalue weighted by molar-refractivity contribution is 6.36. The quantitative estimate of drug-likeness (QED) is 0.257. The number of nitrogens with zero attached hydrogens (tertiary/aromatic N) is 6. The van der Waals surface area contributed by atoms with E-state index in [9.17, 15) is 9.59 Å². The van der Waals surface area contributed by atoms with Crippen LogP contribution in [0.15, 0.2) is 47.4 Å². The molecule has 2 saturated heterocycles. The van der Waals surface area contributed by atoms with Gasteiger partial charge in [0.2, 0.25) is 11.9 Å². The highest BCUT2D eigenvalue weighted by Crippen LogP contribution is 2.35. The molecule has 0 saturated carbocycles. The van der Waals surface area contributed by atoms with Crippen molar-refractivity contribution in [1.29, 1.82) is 0 Å². The lowest BCUT2D eigenvalue weighted by Crippen LogP contribution is -2.44. The van der Waals surface area contributed by atoms with E-state index in [1.807, 2.05) is 24.8 Å². The SMILES string of the molecule is CCC(=O)N1CCC[C@H](n2c(=O)c(-c3ccc(Cl)cc3Cl)c(C)c3cnc(Nc4ccc(N5CCN(C)CC5)c(C)c4)nc32)C1. The first-order valence-electron chi connectivity index (χ1n) is 15.6. The summed E-state index contributed by atoms with van der Waals surface area (Å²) in [6, 6.07) is 11.2. The first-order chi connectivity index (χ1) is 21.6. The van der Waals surface area contributed by atoms with Gasteiger partial charge in [-0.2, -0.15) is 4.98 Å². The second kappa shape index (κ2) is 13.0. The topological polar surface area (TPSA) is 86.6 Å². The van der Waals surface area contributed by atoms with E-state index in [-0.39, 0.29) is 17.5 Å². The first-order valence-corrected chi connectivity index (χ1v) is 16.4. The van der Waals surface area contributed by atoms with Crippen LogP contribution in [0.3, 0.4) is 0 Å². The molecule has 11 heteroatoms. The third-order valence-corrected chi connectivity index (χ3v) is 9.67. The van der Waals surface area contributed by atoms with E-state index in [2.05, 4.69) is 46.2 Å². The molecule has 2 aliphatic heterocycles. The summed E-state index contributed by atoms with van der Waals surface area (Å²) in [4.78, 5) is 43.4. The molecule has 0 aliphatic carbocycles. The lowest BCUT2D eigenvalue weighted by Gasteiger charge is -2.35. The van der Waals surface area contributed by atoms with E-state index in [1.165, 1.54) is 11.3 Å². The monoisotopic (exact) mass is 647 g/mol. The lowest BCUT2D eigenvalue weighted by molar-refractivity contribution is -0.132. The van der Waals surface area contributed by atoms with E-state index in [0.717, 1.165) is 55.7 Å². The Kier molecular flexibility index (Phi) is 9.04. The molecule has 2 aliphatic rings. The number of aromatic nitrogens is 3. The number of hydrogen-bond donors (Lipinski definition) is 1. The number of amides is 1. The van der Waals surface area contributed by atoms with Gasteiger partial charge in [-0.05, 0) is 75.2 Å². The van der Waals surface area contributed by atoms with Crippen LogP contribution >= 0.6 is 23.2 Å². The number of nitrogens with one attached hydrogen (secondary N) is 1. The van der Waals surface area contributed by atoms with Gasteiger partial charge in [-0.1, -0.05) is 36.2 Å². The zero-order chi connectivity index (χ0) is 31.8. The fourth-order valence-corrected chi connectivity index (χ4v) is 7.12. The maximum Gasteiger partial charge on any atom is 0.260 e.